The van der Waals surface area contributed by atoms with Gasteiger partial charge in [-0.1, -0.05) is 140 Å². The van der Waals surface area contributed by atoms with E-state index in [1.807, 2.05) is 55.5 Å². The normalized spacial score (nSPS) is 15.0. The van der Waals surface area contributed by atoms with Crippen molar-refractivity contribution in [2.45, 2.75) is 123 Å². The van der Waals surface area contributed by atoms with Crippen molar-refractivity contribution in [1.29, 1.82) is 0 Å². The highest BCUT2D eigenvalue weighted by Crippen LogP contribution is 2.28. The van der Waals surface area contributed by atoms with Crippen LogP contribution in [0.25, 0.3) is 22.3 Å². The van der Waals surface area contributed by atoms with E-state index in [1.165, 1.54) is 64.2 Å². The van der Waals surface area contributed by atoms with Gasteiger partial charge in [0.2, 0.25) is 12.2 Å². The number of likely N-dealkylation sites (tertiary alicyclic amines) is 1. The summed E-state index contributed by atoms with van der Waals surface area (Å²) in [7, 11) is 0. The zero-order valence-electron chi connectivity index (χ0n) is 35.1. The lowest BCUT2D eigenvalue weighted by Gasteiger charge is -2.17. The predicted octanol–water partition coefficient (Wildman–Crippen LogP) is 11.4. The minimum atomic E-state index is -1.61. The second-order valence-electron chi connectivity index (χ2n) is 15.3. The molecule has 1 heterocycles. The zero-order chi connectivity index (χ0) is 41.8. The molecule has 0 radical (unpaired) electrons. The van der Waals surface area contributed by atoms with Gasteiger partial charge in [-0.25, -0.2) is 9.59 Å². The van der Waals surface area contributed by atoms with Gasteiger partial charge in [0.15, 0.2) is 0 Å². The Bertz CT molecular complexity index is 1770. The fourth-order valence-electron chi connectivity index (χ4n) is 7.03. The highest BCUT2D eigenvalue weighted by molar-refractivity contribution is 6.10. The molecule has 4 aromatic carbocycles. The summed E-state index contributed by atoms with van der Waals surface area (Å²) in [5.74, 6) is -1.40. The summed E-state index contributed by atoms with van der Waals surface area (Å²) in [5.41, 5.74) is 4.04. The molecule has 0 bridgehead atoms. The van der Waals surface area contributed by atoms with Crippen LogP contribution in [0.5, 0.6) is 11.5 Å². The van der Waals surface area contributed by atoms with E-state index in [1.54, 1.807) is 48.5 Å². The first-order valence-electron chi connectivity index (χ1n) is 21.8. The maximum atomic E-state index is 13.5. The fourth-order valence-corrected chi connectivity index (χ4v) is 7.03. The Kier molecular flexibility index (Phi) is 18.0. The summed E-state index contributed by atoms with van der Waals surface area (Å²) in [5, 5.41) is 0. The molecular formula is C50H61NO8. The molecule has 0 saturated carbocycles. The van der Waals surface area contributed by atoms with Crippen LogP contribution in [-0.2, 0) is 19.1 Å². The Labute approximate surface area is 350 Å². The van der Waals surface area contributed by atoms with Gasteiger partial charge < -0.3 is 18.9 Å². The SMILES string of the molecule is CCCCCCCCOc1ccc(-c2ccc(C(=O)O[C@H]3C(=O)N(CCCC)C(=O)[C@@H]3OC(=O)c3ccc(-c4ccc(OCCCCCCCC)cc4)cc3)cc2)cc1. The number of amides is 2. The van der Waals surface area contributed by atoms with Crippen molar-refractivity contribution in [2.75, 3.05) is 19.8 Å². The molecule has 9 heteroatoms. The number of rotatable bonds is 25. The molecule has 5 rings (SSSR count). The predicted molar refractivity (Wildman–Crippen MR) is 232 cm³/mol. The topological polar surface area (TPSA) is 108 Å². The number of imide groups is 1. The average Bonchev–Trinajstić information content (AvgIpc) is 3.48. The van der Waals surface area contributed by atoms with E-state index < -0.39 is 36.0 Å². The fraction of sp³-hybridized carbons (Fsp3) is 0.440. The van der Waals surface area contributed by atoms with Crippen molar-refractivity contribution >= 4 is 23.8 Å². The molecule has 9 nitrogen and oxygen atoms in total. The Morgan fingerprint density at radius 2 is 0.763 bits per heavy atom. The summed E-state index contributed by atoms with van der Waals surface area (Å²) < 4.78 is 23.1. The van der Waals surface area contributed by atoms with Crippen LogP contribution in [0.3, 0.4) is 0 Å². The molecule has 1 fully saturated rings. The first kappa shape index (κ1) is 44.7. The van der Waals surface area contributed by atoms with E-state index >= 15 is 0 Å². The lowest BCUT2D eigenvalue weighted by molar-refractivity contribution is -0.141. The molecule has 1 aliphatic rings. The van der Waals surface area contributed by atoms with Crippen molar-refractivity contribution in [3.8, 4) is 33.8 Å². The molecule has 2 amide bonds. The molecule has 0 N–H and O–H groups in total. The second kappa shape index (κ2) is 23.8. The highest BCUT2D eigenvalue weighted by atomic mass is 16.6. The van der Waals surface area contributed by atoms with E-state index in [0.717, 1.165) is 57.9 Å². The zero-order valence-corrected chi connectivity index (χ0v) is 35.1. The number of nitrogens with zero attached hydrogens (tertiary/aromatic N) is 1. The molecule has 2 atom stereocenters. The molecule has 59 heavy (non-hydrogen) atoms. The summed E-state index contributed by atoms with van der Waals surface area (Å²) in [6, 6.07) is 29.2. The molecule has 0 unspecified atom stereocenters. The third-order valence-electron chi connectivity index (χ3n) is 10.6. The van der Waals surface area contributed by atoms with Crippen molar-refractivity contribution in [3.63, 3.8) is 0 Å². The van der Waals surface area contributed by atoms with Crippen LogP contribution in [-0.4, -0.2) is 60.6 Å². The van der Waals surface area contributed by atoms with Crippen molar-refractivity contribution < 1.29 is 38.1 Å². The number of unbranched alkanes of at least 4 members (excludes halogenated alkanes) is 11. The van der Waals surface area contributed by atoms with Gasteiger partial charge in [-0.05, 0) is 90.0 Å². The van der Waals surface area contributed by atoms with Crippen molar-refractivity contribution in [3.05, 3.63) is 108 Å². The van der Waals surface area contributed by atoms with Crippen molar-refractivity contribution in [2.24, 2.45) is 0 Å². The van der Waals surface area contributed by atoms with Crippen LogP contribution in [0.2, 0.25) is 0 Å². The quantitative estimate of drug-likeness (QED) is 0.0370. The van der Waals surface area contributed by atoms with Crippen LogP contribution in [0, 0.1) is 0 Å². The Balaban J connectivity index is 1.16. The summed E-state index contributed by atoms with van der Waals surface area (Å²) >= 11 is 0. The molecule has 0 aliphatic carbocycles. The standard InChI is InChI=1S/C50H61NO8/c1-4-7-10-12-14-16-35-56-43-30-26-39(27-31-43)37-18-22-41(23-19-37)49(54)58-45-46(48(53)51(47(45)52)34-9-6-3)59-50(55)42-24-20-38(21-25-42)40-28-32-44(33-29-40)57-36-17-15-13-11-8-5-2/h18-33,45-46H,4-17,34-36H2,1-3H3/t45-,46-/m1/s1. The third-order valence-corrected chi connectivity index (χ3v) is 10.6. The summed E-state index contributed by atoms with van der Waals surface area (Å²) in [4.78, 5) is 54.8. The van der Waals surface area contributed by atoms with Gasteiger partial charge in [0.05, 0.1) is 24.3 Å². The second-order valence-corrected chi connectivity index (χ2v) is 15.3. The number of carbonyl (C=O) groups excluding carboxylic acids is 4. The van der Waals surface area contributed by atoms with Gasteiger partial charge in [0, 0.05) is 6.54 Å². The van der Waals surface area contributed by atoms with E-state index in [9.17, 15) is 19.2 Å². The largest absolute Gasteiger partial charge is 0.494 e. The maximum absolute atomic E-state index is 13.5. The number of esters is 2. The van der Waals surface area contributed by atoms with E-state index in [2.05, 4.69) is 13.8 Å². The molecule has 1 saturated heterocycles. The molecule has 4 aromatic rings. The molecular weight excluding hydrogens is 743 g/mol. The summed E-state index contributed by atoms with van der Waals surface area (Å²) in [6.07, 6.45) is 12.5. The van der Waals surface area contributed by atoms with E-state index in [4.69, 9.17) is 18.9 Å². The van der Waals surface area contributed by atoms with Gasteiger partial charge in [0.25, 0.3) is 11.8 Å². The number of hydrogen-bond donors (Lipinski definition) is 0. The van der Waals surface area contributed by atoms with Crippen LogP contribution >= 0.6 is 0 Å². The minimum Gasteiger partial charge on any atom is -0.494 e. The van der Waals surface area contributed by atoms with Gasteiger partial charge >= 0.3 is 11.9 Å². The first-order chi connectivity index (χ1) is 28.8. The van der Waals surface area contributed by atoms with E-state index in [-0.39, 0.29) is 17.7 Å². The van der Waals surface area contributed by atoms with Crippen LogP contribution in [0.15, 0.2) is 97.1 Å². The van der Waals surface area contributed by atoms with Crippen molar-refractivity contribution in [1.82, 2.24) is 4.90 Å². The average molecular weight is 804 g/mol. The number of ether oxygens (including phenoxy) is 4. The molecule has 1 aliphatic heterocycles. The smallest absolute Gasteiger partial charge is 0.339 e. The first-order valence-corrected chi connectivity index (χ1v) is 21.8. The van der Waals surface area contributed by atoms with Crippen LogP contribution in [0.4, 0.5) is 0 Å². The monoisotopic (exact) mass is 803 g/mol. The number of hydrogen-bond acceptors (Lipinski definition) is 8. The third kappa shape index (κ3) is 13.3. The van der Waals surface area contributed by atoms with Gasteiger partial charge in [0.1, 0.15) is 11.5 Å². The van der Waals surface area contributed by atoms with E-state index in [0.29, 0.717) is 19.6 Å². The highest BCUT2D eigenvalue weighted by Gasteiger charge is 2.52. The van der Waals surface area contributed by atoms with Crippen LogP contribution in [0.1, 0.15) is 131 Å². The maximum Gasteiger partial charge on any atom is 0.339 e. The number of carbonyl (C=O) groups is 4. The Hall–Kier alpha value is -5.44. The Morgan fingerprint density at radius 3 is 1.12 bits per heavy atom. The minimum absolute atomic E-state index is 0.130. The molecule has 0 spiro atoms. The molecule has 314 valence electrons. The lowest BCUT2D eigenvalue weighted by atomic mass is 10.0. The number of benzene rings is 4. The molecule has 0 aromatic heterocycles. The van der Waals surface area contributed by atoms with Crippen LogP contribution < -0.4 is 9.47 Å². The van der Waals surface area contributed by atoms with Gasteiger partial charge in [-0.15, -0.1) is 0 Å². The Morgan fingerprint density at radius 1 is 0.441 bits per heavy atom. The summed E-state index contributed by atoms with van der Waals surface area (Å²) in [6.45, 7) is 7.87. The lowest BCUT2D eigenvalue weighted by Crippen LogP contribution is -2.37. The van der Waals surface area contributed by atoms with Gasteiger partial charge in [-0.2, -0.15) is 0 Å². The van der Waals surface area contributed by atoms with Gasteiger partial charge in [-0.3, -0.25) is 14.5 Å².